The third-order valence-electron chi connectivity index (χ3n) is 2.66. The maximum atomic E-state index is 12.5. The Balaban J connectivity index is 2.63. The molecule has 2 rings (SSSR count). The molecule has 3 nitrogen and oxygen atoms in total. The molecule has 0 radical (unpaired) electrons. The van der Waals surface area contributed by atoms with Crippen molar-refractivity contribution in [1.29, 1.82) is 0 Å². The number of alkyl halides is 3. The maximum Gasteiger partial charge on any atom is 0.472 e. The lowest BCUT2D eigenvalue weighted by Gasteiger charge is -2.10. The van der Waals surface area contributed by atoms with Crippen LogP contribution in [0.5, 0.6) is 5.75 Å². The zero-order chi connectivity index (χ0) is 14.2. The molecular formula is C12H10F3NO2S. The Hall–Kier alpha value is -1.63. The van der Waals surface area contributed by atoms with Gasteiger partial charge in [0.2, 0.25) is 0 Å². The number of carbonyl (C=O) groups excluding carboxylic acids is 1. The molecule has 0 unspecified atom stereocenters. The van der Waals surface area contributed by atoms with E-state index in [2.05, 4.69) is 0 Å². The Morgan fingerprint density at radius 1 is 1.37 bits per heavy atom. The van der Waals surface area contributed by atoms with Crippen molar-refractivity contribution in [3.8, 4) is 5.75 Å². The van der Waals surface area contributed by atoms with Crippen molar-refractivity contribution in [2.75, 3.05) is 13.4 Å². The molecule has 0 aliphatic heterocycles. The van der Waals surface area contributed by atoms with E-state index in [0.29, 0.717) is 20.6 Å². The van der Waals surface area contributed by atoms with Crippen LogP contribution >= 0.6 is 11.8 Å². The summed E-state index contributed by atoms with van der Waals surface area (Å²) >= 11 is 1.34. The molecule has 1 aromatic heterocycles. The predicted octanol–water partition coefficient (Wildman–Crippen LogP) is 3.57. The van der Waals surface area contributed by atoms with Gasteiger partial charge in [-0.3, -0.25) is 9.36 Å². The van der Waals surface area contributed by atoms with E-state index >= 15 is 0 Å². The predicted molar refractivity (Wildman–Crippen MR) is 67.0 cm³/mol. The van der Waals surface area contributed by atoms with Crippen LogP contribution < -0.4 is 4.74 Å². The molecule has 1 heterocycles. The second-order valence-electron chi connectivity index (χ2n) is 3.75. The number of hydrogen-bond acceptors (Lipinski definition) is 3. The van der Waals surface area contributed by atoms with Gasteiger partial charge in [0, 0.05) is 11.6 Å². The van der Waals surface area contributed by atoms with Gasteiger partial charge in [0.15, 0.2) is 0 Å². The van der Waals surface area contributed by atoms with E-state index in [9.17, 15) is 18.0 Å². The van der Waals surface area contributed by atoms with Gasteiger partial charge in [-0.2, -0.15) is 13.2 Å². The minimum absolute atomic E-state index is 0.215. The first-order valence-electron chi connectivity index (χ1n) is 5.23. The average Bonchev–Trinajstić information content (AvgIpc) is 2.77. The van der Waals surface area contributed by atoms with Gasteiger partial charge in [0.25, 0.3) is 0 Å². The number of fused-ring (bicyclic) bond motifs is 1. The monoisotopic (exact) mass is 289 g/mol. The van der Waals surface area contributed by atoms with Crippen LogP contribution in [0.15, 0.2) is 29.3 Å². The van der Waals surface area contributed by atoms with Gasteiger partial charge in [-0.05, 0) is 24.5 Å². The number of carbonyl (C=O) groups is 1. The zero-order valence-corrected chi connectivity index (χ0v) is 10.9. The minimum Gasteiger partial charge on any atom is -0.496 e. The number of rotatable bonds is 2. The van der Waals surface area contributed by atoms with Crippen LogP contribution in [0.2, 0.25) is 0 Å². The van der Waals surface area contributed by atoms with Crippen molar-refractivity contribution in [2.45, 2.75) is 11.1 Å². The van der Waals surface area contributed by atoms with Crippen LogP contribution in [0.1, 0.15) is 4.79 Å². The Morgan fingerprint density at radius 2 is 2.05 bits per heavy atom. The summed E-state index contributed by atoms with van der Waals surface area (Å²) in [4.78, 5) is 12.0. The third kappa shape index (κ3) is 2.42. The van der Waals surface area contributed by atoms with Gasteiger partial charge in [-0.25, -0.2) is 0 Å². The topological polar surface area (TPSA) is 31.2 Å². The number of halogens is 3. The first kappa shape index (κ1) is 13.8. The molecule has 7 heteroatoms. The van der Waals surface area contributed by atoms with Crippen LogP contribution in [0.25, 0.3) is 10.9 Å². The van der Waals surface area contributed by atoms with Crippen molar-refractivity contribution >= 4 is 28.6 Å². The van der Waals surface area contributed by atoms with Crippen LogP contribution in [-0.2, 0) is 0 Å². The van der Waals surface area contributed by atoms with Gasteiger partial charge >= 0.3 is 12.1 Å². The molecule has 0 bridgehead atoms. The molecule has 0 spiro atoms. The molecule has 0 fully saturated rings. The zero-order valence-electron chi connectivity index (χ0n) is 10.1. The van der Waals surface area contributed by atoms with Crippen LogP contribution in [0, 0.1) is 0 Å². The fourth-order valence-electron chi connectivity index (χ4n) is 1.77. The summed E-state index contributed by atoms with van der Waals surface area (Å²) in [7, 11) is 1.48. The maximum absolute atomic E-state index is 12.5. The van der Waals surface area contributed by atoms with E-state index in [0.717, 1.165) is 6.20 Å². The number of benzene rings is 1. The Kier molecular flexibility index (Phi) is 3.49. The molecule has 1 aromatic carbocycles. The van der Waals surface area contributed by atoms with Gasteiger partial charge in [-0.1, -0.05) is 0 Å². The molecule has 0 atom stereocenters. The normalized spacial score (nSPS) is 11.8. The first-order valence-corrected chi connectivity index (χ1v) is 6.45. The van der Waals surface area contributed by atoms with E-state index in [-0.39, 0.29) is 5.52 Å². The number of hydrogen-bond donors (Lipinski definition) is 0. The number of aromatic nitrogens is 1. The summed E-state index contributed by atoms with van der Waals surface area (Å²) in [6, 6.07) is 4.58. The van der Waals surface area contributed by atoms with Crippen molar-refractivity contribution in [3.05, 3.63) is 24.4 Å². The highest BCUT2D eigenvalue weighted by Gasteiger charge is 2.40. The number of nitrogens with zero attached hydrogens (tertiary/aromatic N) is 1. The van der Waals surface area contributed by atoms with E-state index in [1.807, 2.05) is 0 Å². The van der Waals surface area contributed by atoms with Crippen molar-refractivity contribution in [2.24, 2.45) is 0 Å². The van der Waals surface area contributed by atoms with Crippen molar-refractivity contribution in [1.82, 2.24) is 4.57 Å². The minimum atomic E-state index is -4.90. The second-order valence-corrected chi connectivity index (χ2v) is 4.60. The Labute approximate surface area is 111 Å². The summed E-state index contributed by atoms with van der Waals surface area (Å²) in [6.07, 6.45) is -2.00. The Morgan fingerprint density at radius 3 is 2.58 bits per heavy atom. The molecule has 0 aliphatic rings. The van der Waals surface area contributed by atoms with Crippen molar-refractivity contribution in [3.63, 3.8) is 0 Å². The van der Waals surface area contributed by atoms with Crippen LogP contribution in [-0.4, -0.2) is 30.0 Å². The number of thioether (sulfide) groups is 1. The molecule has 19 heavy (non-hydrogen) atoms. The highest BCUT2D eigenvalue weighted by molar-refractivity contribution is 7.98. The highest BCUT2D eigenvalue weighted by atomic mass is 32.2. The van der Waals surface area contributed by atoms with E-state index < -0.39 is 12.1 Å². The summed E-state index contributed by atoms with van der Waals surface area (Å²) in [6.45, 7) is 0. The fourth-order valence-corrected chi connectivity index (χ4v) is 2.35. The van der Waals surface area contributed by atoms with Crippen LogP contribution in [0.3, 0.4) is 0 Å². The first-order chi connectivity index (χ1) is 8.88. The number of ether oxygens (including phenoxy) is 1. The summed E-state index contributed by atoms with van der Waals surface area (Å²) in [5.74, 6) is -1.34. The van der Waals surface area contributed by atoms with Gasteiger partial charge in [-0.15, -0.1) is 11.8 Å². The summed E-state index contributed by atoms with van der Waals surface area (Å²) in [5.41, 5.74) is 0.215. The standard InChI is InChI=1S/C12H10F3NO2S/c1-18-9-5-7-3-4-16(11(17)12(13,14)15)8(7)6-10(9)19-2/h3-6H,1-2H3. The third-order valence-corrected chi connectivity index (χ3v) is 3.42. The van der Waals surface area contributed by atoms with Gasteiger partial charge in [0.1, 0.15) is 5.75 Å². The molecule has 2 aromatic rings. The highest BCUT2D eigenvalue weighted by Crippen LogP contribution is 2.33. The van der Waals surface area contributed by atoms with E-state index in [1.165, 1.54) is 31.0 Å². The molecule has 0 saturated carbocycles. The van der Waals surface area contributed by atoms with E-state index in [1.54, 1.807) is 12.3 Å². The Bertz CT molecular complexity index is 634. The van der Waals surface area contributed by atoms with E-state index in [4.69, 9.17) is 4.74 Å². The lowest BCUT2D eigenvalue weighted by Crippen LogP contribution is -2.28. The summed E-state index contributed by atoms with van der Waals surface area (Å²) in [5, 5.41) is 0.521. The quantitative estimate of drug-likeness (QED) is 0.792. The van der Waals surface area contributed by atoms with Crippen LogP contribution in [0.4, 0.5) is 13.2 Å². The largest absolute Gasteiger partial charge is 0.496 e. The SMILES string of the molecule is COc1cc2ccn(C(=O)C(F)(F)F)c2cc1SC. The number of methoxy groups -OCH3 is 1. The smallest absolute Gasteiger partial charge is 0.472 e. The molecule has 0 N–H and O–H groups in total. The lowest BCUT2D eigenvalue weighted by molar-refractivity contribution is -0.0942. The van der Waals surface area contributed by atoms with Crippen molar-refractivity contribution < 1.29 is 22.7 Å². The van der Waals surface area contributed by atoms with Gasteiger partial charge < -0.3 is 4.74 Å². The summed E-state index contributed by atoms with van der Waals surface area (Å²) < 4.78 is 43.2. The lowest BCUT2D eigenvalue weighted by atomic mass is 10.2. The average molecular weight is 289 g/mol. The van der Waals surface area contributed by atoms with Gasteiger partial charge in [0.05, 0.1) is 17.5 Å². The second kappa shape index (κ2) is 4.80. The molecule has 0 saturated heterocycles. The molecular weight excluding hydrogens is 279 g/mol. The molecule has 0 amide bonds. The molecule has 102 valence electrons. The molecule has 0 aliphatic carbocycles. The fraction of sp³-hybridized carbons (Fsp3) is 0.250.